The highest BCUT2D eigenvalue weighted by Gasteiger charge is 2.27. The van der Waals surface area contributed by atoms with E-state index in [1.807, 2.05) is 53.1 Å². The van der Waals surface area contributed by atoms with Crippen LogP contribution in [0.3, 0.4) is 0 Å². The molecule has 9 heteroatoms. The highest BCUT2D eigenvalue weighted by Crippen LogP contribution is 2.33. The zero-order chi connectivity index (χ0) is 21.4. The van der Waals surface area contributed by atoms with E-state index in [4.69, 9.17) is 27.7 Å². The molecule has 0 amide bonds. The maximum atomic E-state index is 13.3. The lowest BCUT2D eigenvalue weighted by molar-refractivity contribution is 0.0995. The molecule has 0 spiro atoms. The number of hydrogen-bond acceptors (Lipinski definition) is 6. The second-order valence-electron chi connectivity index (χ2n) is 6.74. The third-order valence-electron chi connectivity index (χ3n) is 4.80. The molecule has 152 valence electrons. The predicted octanol–water partition coefficient (Wildman–Crippen LogP) is 5.07. The standard InChI is InChI=1S/C22H13Cl2N5O2/c23-14-7-5-13(6-8-14)12-29-17-4-2-1-3-15(17)18(20(29)24)19(30)22-27-21(28-31-22)16-11-25-9-10-26-16/h1-11H,12H2. The minimum Gasteiger partial charge on any atom is -0.330 e. The summed E-state index contributed by atoms with van der Waals surface area (Å²) in [6, 6.07) is 15.0. The molecule has 0 aliphatic rings. The summed E-state index contributed by atoms with van der Waals surface area (Å²) in [5.41, 5.74) is 2.52. The Labute approximate surface area is 186 Å². The molecule has 0 unspecified atom stereocenters. The average molecular weight is 450 g/mol. The molecule has 0 radical (unpaired) electrons. The number of ketones is 1. The van der Waals surface area contributed by atoms with Crippen molar-refractivity contribution in [2.24, 2.45) is 0 Å². The van der Waals surface area contributed by atoms with Gasteiger partial charge < -0.3 is 9.09 Å². The Morgan fingerprint density at radius 2 is 1.84 bits per heavy atom. The second kappa shape index (κ2) is 7.94. The van der Waals surface area contributed by atoms with Gasteiger partial charge in [0.05, 0.1) is 17.3 Å². The summed E-state index contributed by atoms with van der Waals surface area (Å²) < 4.78 is 7.09. The number of aromatic nitrogens is 5. The Morgan fingerprint density at radius 1 is 1.03 bits per heavy atom. The zero-order valence-electron chi connectivity index (χ0n) is 15.9. The number of halogens is 2. The number of carbonyl (C=O) groups is 1. The summed E-state index contributed by atoms with van der Waals surface area (Å²) in [4.78, 5) is 25.6. The van der Waals surface area contributed by atoms with E-state index < -0.39 is 5.78 Å². The molecule has 5 aromatic rings. The number of benzene rings is 2. The van der Waals surface area contributed by atoms with E-state index in [2.05, 4.69) is 20.1 Å². The van der Waals surface area contributed by atoms with Gasteiger partial charge in [-0.15, -0.1) is 0 Å². The molecule has 7 nitrogen and oxygen atoms in total. The van der Waals surface area contributed by atoms with Gasteiger partial charge in [0.25, 0.3) is 11.7 Å². The van der Waals surface area contributed by atoms with Crippen LogP contribution in [0.15, 0.2) is 71.6 Å². The van der Waals surface area contributed by atoms with Gasteiger partial charge in [-0.2, -0.15) is 4.98 Å². The first-order valence-corrected chi connectivity index (χ1v) is 10.0. The molecule has 31 heavy (non-hydrogen) atoms. The van der Waals surface area contributed by atoms with Crippen molar-refractivity contribution in [1.82, 2.24) is 24.7 Å². The smallest absolute Gasteiger partial charge is 0.299 e. The Kier molecular flexibility index (Phi) is 4.97. The van der Waals surface area contributed by atoms with Crippen LogP contribution in [-0.2, 0) is 6.54 Å². The molecular weight excluding hydrogens is 437 g/mol. The number of carbonyl (C=O) groups excluding carboxylic acids is 1. The van der Waals surface area contributed by atoms with Crippen LogP contribution in [0.5, 0.6) is 0 Å². The first kappa shape index (κ1) is 19.4. The van der Waals surface area contributed by atoms with Crippen molar-refractivity contribution in [1.29, 1.82) is 0 Å². The Morgan fingerprint density at radius 3 is 2.61 bits per heavy atom. The Hall–Kier alpha value is -3.55. The van der Waals surface area contributed by atoms with E-state index in [0.717, 1.165) is 11.1 Å². The van der Waals surface area contributed by atoms with E-state index in [-0.39, 0.29) is 11.7 Å². The van der Waals surface area contributed by atoms with Gasteiger partial charge in [-0.1, -0.05) is 58.7 Å². The molecular formula is C22H13Cl2N5O2. The fourth-order valence-corrected chi connectivity index (χ4v) is 3.82. The minimum atomic E-state index is -0.460. The van der Waals surface area contributed by atoms with Crippen LogP contribution in [-0.4, -0.2) is 30.5 Å². The topological polar surface area (TPSA) is 86.7 Å². The van der Waals surface area contributed by atoms with Gasteiger partial charge >= 0.3 is 0 Å². The van der Waals surface area contributed by atoms with Gasteiger partial charge in [-0.05, 0) is 23.8 Å². The number of fused-ring (bicyclic) bond motifs is 1. The lowest BCUT2D eigenvalue weighted by Gasteiger charge is -2.07. The monoisotopic (exact) mass is 449 g/mol. The highest BCUT2D eigenvalue weighted by atomic mass is 35.5. The Bertz CT molecular complexity index is 1390. The van der Waals surface area contributed by atoms with Crippen LogP contribution >= 0.6 is 23.2 Å². The molecule has 3 aromatic heterocycles. The van der Waals surface area contributed by atoms with Gasteiger partial charge in [-0.25, -0.2) is 4.98 Å². The quantitative estimate of drug-likeness (QED) is 0.348. The molecule has 5 rings (SSSR count). The summed E-state index contributed by atoms with van der Waals surface area (Å²) in [6.45, 7) is 0.471. The van der Waals surface area contributed by atoms with Gasteiger partial charge in [-0.3, -0.25) is 9.78 Å². The SMILES string of the molecule is O=C(c1nc(-c2cnccn2)no1)c1c(Cl)n(Cc2ccc(Cl)cc2)c2ccccc12. The molecule has 0 atom stereocenters. The number of nitrogens with zero attached hydrogens (tertiary/aromatic N) is 5. The molecule has 0 fully saturated rings. The van der Waals surface area contributed by atoms with Crippen LogP contribution in [0.25, 0.3) is 22.4 Å². The van der Waals surface area contributed by atoms with Gasteiger partial charge in [0.15, 0.2) is 0 Å². The van der Waals surface area contributed by atoms with Crippen molar-refractivity contribution in [3.8, 4) is 11.5 Å². The van der Waals surface area contributed by atoms with E-state index in [9.17, 15) is 4.79 Å². The number of rotatable bonds is 5. The summed E-state index contributed by atoms with van der Waals surface area (Å²) in [7, 11) is 0. The molecule has 0 bridgehead atoms. The summed E-state index contributed by atoms with van der Waals surface area (Å²) in [5.74, 6) is -0.451. The van der Waals surface area contributed by atoms with Crippen LogP contribution in [0.1, 0.15) is 21.8 Å². The van der Waals surface area contributed by atoms with E-state index in [1.165, 1.54) is 18.6 Å². The van der Waals surface area contributed by atoms with E-state index in [1.54, 1.807) is 0 Å². The van der Waals surface area contributed by atoms with Crippen molar-refractivity contribution in [2.75, 3.05) is 0 Å². The van der Waals surface area contributed by atoms with Crippen molar-refractivity contribution in [2.45, 2.75) is 6.54 Å². The van der Waals surface area contributed by atoms with Gasteiger partial charge in [0.1, 0.15) is 10.8 Å². The van der Waals surface area contributed by atoms with Crippen molar-refractivity contribution >= 4 is 39.9 Å². The van der Waals surface area contributed by atoms with Crippen LogP contribution in [0.2, 0.25) is 10.2 Å². The van der Waals surface area contributed by atoms with E-state index >= 15 is 0 Å². The molecule has 0 aliphatic heterocycles. The number of hydrogen-bond donors (Lipinski definition) is 0. The minimum absolute atomic E-state index is 0.169. The third-order valence-corrected chi connectivity index (χ3v) is 5.45. The van der Waals surface area contributed by atoms with Crippen LogP contribution < -0.4 is 0 Å². The van der Waals surface area contributed by atoms with Crippen molar-refractivity contribution in [3.63, 3.8) is 0 Å². The first-order valence-electron chi connectivity index (χ1n) is 9.28. The maximum absolute atomic E-state index is 13.3. The van der Waals surface area contributed by atoms with Crippen molar-refractivity contribution < 1.29 is 9.32 Å². The fraction of sp³-hybridized carbons (Fsp3) is 0.0455. The summed E-state index contributed by atoms with van der Waals surface area (Å²) in [5, 5.41) is 5.50. The van der Waals surface area contributed by atoms with Crippen LogP contribution in [0, 0.1) is 0 Å². The van der Waals surface area contributed by atoms with Gasteiger partial charge in [0.2, 0.25) is 5.82 Å². The normalized spacial score (nSPS) is 11.2. The summed E-state index contributed by atoms with van der Waals surface area (Å²) in [6.07, 6.45) is 4.53. The molecule has 0 N–H and O–H groups in total. The second-order valence-corrected chi connectivity index (χ2v) is 7.53. The molecule has 0 saturated carbocycles. The molecule has 0 saturated heterocycles. The molecule has 3 heterocycles. The lowest BCUT2D eigenvalue weighted by atomic mass is 10.1. The van der Waals surface area contributed by atoms with Gasteiger partial charge in [0, 0.05) is 29.3 Å². The average Bonchev–Trinajstić information content (AvgIpc) is 3.40. The number of para-hydroxylation sites is 1. The highest BCUT2D eigenvalue weighted by molar-refractivity contribution is 6.36. The zero-order valence-corrected chi connectivity index (χ0v) is 17.4. The molecule has 0 aliphatic carbocycles. The third kappa shape index (κ3) is 3.58. The van der Waals surface area contributed by atoms with Crippen molar-refractivity contribution in [3.05, 3.63) is 94.3 Å². The summed E-state index contributed by atoms with van der Waals surface area (Å²) >= 11 is 12.7. The van der Waals surface area contributed by atoms with Crippen LogP contribution in [0.4, 0.5) is 0 Å². The fourth-order valence-electron chi connectivity index (χ4n) is 3.36. The first-order chi connectivity index (χ1) is 15.1. The maximum Gasteiger partial charge on any atom is 0.299 e. The molecule has 2 aromatic carbocycles. The largest absolute Gasteiger partial charge is 0.330 e. The Balaban J connectivity index is 1.57. The van der Waals surface area contributed by atoms with E-state index in [0.29, 0.717) is 33.4 Å². The lowest BCUT2D eigenvalue weighted by Crippen LogP contribution is -2.04. The predicted molar refractivity (Wildman–Crippen MR) is 116 cm³/mol.